The highest BCUT2D eigenvalue weighted by molar-refractivity contribution is 5.59. The van der Waals surface area contributed by atoms with Gasteiger partial charge in [0.05, 0.1) is 5.69 Å². The molecule has 0 radical (unpaired) electrons. The summed E-state index contributed by atoms with van der Waals surface area (Å²) in [5.74, 6) is 1.64. The molecule has 2 unspecified atom stereocenters. The lowest BCUT2D eigenvalue weighted by Gasteiger charge is -2.29. The van der Waals surface area contributed by atoms with Gasteiger partial charge in [-0.15, -0.1) is 5.10 Å². The first-order chi connectivity index (χ1) is 9.28. The average molecular weight is 256 g/mol. The first-order valence-electron chi connectivity index (χ1n) is 7.33. The van der Waals surface area contributed by atoms with Crippen molar-refractivity contribution in [2.45, 2.75) is 52.0 Å². The molecule has 1 aliphatic carbocycles. The average Bonchev–Trinajstić information content (AvgIpc) is 3.07. The summed E-state index contributed by atoms with van der Waals surface area (Å²) in [6.07, 6.45) is 5.55. The van der Waals surface area contributed by atoms with Crippen LogP contribution in [0.15, 0.2) is 0 Å². The molecule has 3 rings (SSSR count). The summed E-state index contributed by atoms with van der Waals surface area (Å²) in [5.41, 5.74) is 2.84. The van der Waals surface area contributed by atoms with Crippen LogP contribution in [-0.4, -0.2) is 22.8 Å². The minimum Gasteiger partial charge on any atom is -0.351 e. The summed E-state index contributed by atoms with van der Waals surface area (Å²) >= 11 is 0. The minimum absolute atomic E-state index is 0.587. The molecule has 1 aromatic rings. The molecule has 0 N–H and O–H groups in total. The number of rotatable bonds is 3. The van der Waals surface area contributed by atoms with Crippen LogP contribution in [0.4, 0.5) is 5.82 Å². The molecule has 1 aromatic heterocycles. The smallest absolute Gasteiger partial charge is 0.169 e. The molecule has 2 fully saturated rings. The van der Waals surface area contributed by atoms with Gasteiger partial charge in [-0.3, -0.25) is 0 Å². The second kappa shape index (κ2) is 4.80. The molecule has 2 atom stereocenters. The Labute approximate surface area is 114 Å². The van der Waals surface area contributed by atoms with Crippen molar-refractivity contribution < 1.29 is 0 Å². The van der Waals surface area contributed by atoms with E-state index in [4.69, 9.17) is 0 Å². The first kappa shape index (κ1) is 12.4. The van der Waals surface area contributed by atoms with E-state index in [1.54, 1.807) is 0 Å². The molecule has 1 aliphatic heterocycles. The molecule has 2 heterocycles. The lowest BCUT2D eigenvalue weighted by Crippen LogP contribution is -2.34. The number of anilines is 1. The van der Waals surface area contributed by atoms with Crippen molar-refractivity contribution in [2.75, 3.05) is 11.4 Å². The van der Waals surface area contributed by atoms with Gasteiger partial charge in [0.25, 0.3) is 0 Å². The predicted molar refractivity (Wildman–Crippen MR) is 74.0 cm³/mol. The van der Waals surface area contributed by atoms with Crippen LogP contribution in [0.3, 0.4) is 0 Å². The lowest BCUT2D eigenvalue weighted by molar-refractivity contribution is 0.547. The molecule has 2 bridgehead atoms. The van der Waals surface area contributed by atoms with Crippen molar-refractivity contribution in [1.29, 1.82) is 5.26 Å². The number of fused-ring (bicyclic) bond motifs is 2. The van der Waals surface area contributed by atoms with Crippen molar-refractivity contribution in [1.82, 2.24) is 10.2 Å². The van der Waals surface area contributed by atoms with Crippen molar-refractivity contribution in [2.24, 2.45) is 5.92 Å². The number of aromatic nitrogens is 2. The Bertz CT molecular complexity index is 532. The maximum atomic E-state index is 9.54. The van der Waals surface area contributed by atoms with Gasteiger partial charge in [-0.1, -0.05) is 13.8 Å². The number of aryl methyl sites for hydroxylation is 1. The summed E-state index contributed by atoms with van der Waals surface area (Å²) in [7, 11) is 0. The van der Waals surface area contributed by atoms with E-state index in [0.29, 0.717) is 6.04 Å². The molecule has 19 heavy (non-hydrogen) atoms. The zero-order chi connectivity index (χ0) is 13.4. The van der Waals surface area contributed by atoms with Crippen molar-refractivity contribution in [3.63, 3.8) is 0 Å². The van der Waals surface area contributed by atoms with Gasteiger partial charge in [0.15, 0.2) is 5.82 Å². The molecule has 1 saturated carbocycles. The van der Waals surface area contributed by atoms with E-state index in [9.17, 15) is 5.26 Å². The van der Waals surface area contributed by atoms with Gasteiger partial charge >= 0.3 is 0 Å². The van der Waals surface area contributed by atoms with Crippen molar-refractivity contribution >= 4 is 5.82 Å². The highest BCUT2D eigenvalue weighted by Crippen LogP contribution is 2.40. The highest BCUT2D eigenvalue weighted by Gasteiger charge is 2.39. The van der Waals surface area contributed by atoms with Crippen molar-refractivity contribution in [3.05, 3.63) is 16.8 Å². The highest BCUT2D eigenvalue weighted by atomic mass is 15.3. The fourth-order valence-corrected chi connectivity index (χ4v) is 3.66. The van der Waals surface area contributed by atoms with Crippen LogP contribution in [-0.2, 0) is 12.8 Å². The van der Waals surface area contributed by atoms with Crippen LogP contribution in [0.2, 0.25) is 0 Å². The SMILES string of the molecule is CCc1nnc(N2CC3CCC2C3)c(C#N)c1CC. The van der Waals surface area contributed by atoms with Crippen LogP contribution in [0.25, 0.3) is 0 Å². The molecule has 4 nitrogen and oxygen atoms in total. The number of hydrogen-bond acceptors (Lipinski definition) is 4. The van der Waals surface area contributed by atoms with Gasteiger partial charge in [0.1, 0.15) is 11.6 Å². The Kier molecular flexibility index (Phi) is 3.14. The summed E-state index contributed by atoms with van der Waals surface area (Å²) in [6, 6.07) is 2.97. The Balaban J connectivity index is 2.05. The zero-order valence-electron chi connectivity index (χ0n) is 11.7. The molecule has 100 valence electrons. The topological polar surface area (TPSA) is 52.8 Å². The van der Waals surface area contributed by atoms with E-state index in [-0.39, 0.29) is 0 Å². The summed E-state index contributed by atoms with van der Waals surface area (Å²) in [4.78, 5) is 2.33. The fraction of sp³-hybridized carbons (Fsp3) is 0.667. The first-order valence-corrected chi connectivity index (χ1v) is 7.33. The Morgan fingerprint density at radius 1 is 1.26 bits per heavy atom. The second-order valence-electron chi connectivity index (χ2n) is 5.63. The molecule has 0 spiro atoms. The van der Waals surface area contributed by atoms with E-state index in [2.05, 4.69) is 35.0 Å². The number of piperidine rings is 1. The van der Waals surface area contributed by atoms with Crippen molar-refractivity contribution in [3.8, 4) is 6.07 Å². The van der Waals surface area contributed by atoms with E-state index >= 15 is 0 Å². The third-order valence-electron chi connectivity index (χ3n) is 4.62. The maximum Gasteiger partial charge on any atom is 0.169 e. The number of hydrogen-bond donors (Lipinski definition) is 0. The van der Waals surface area contributed by atoms with Crippen LogP contribution in [0.1, 0.15) is 49.9 Å². The van der Waals surface area contributed by atoms with Gasteiger partial charge in [0.2, 0.25) is 0 Å². The second-order valence-corrected chi connectivity index (χ2v) is 5.63. The molecule has 0 aromatic carbocycles. The maximum absolute atomic E-state index is 9.54. The molecule has 2 aliphatic rings. The van der Waals surface area contributed by atoms with E-state index in [1.165, 1.54) is 19.3 Å². The normalized spacial score (nSPS) is 24.8. The van der Waals surface area contributed by atoms with Crippen LogP contribution < -0.4 is 4.90 Å². The van der Waals surface area contributed by atoms with E-state index in [0.717, 1.165) is 47.9 Å². The van der Waals surface area contributed by atoms with Gasteiger partial charge in [-0.05, 0) is 43.6 Å². The van der Waals surface area contributed by atoms with Crippen LogP contribution >= 0.6 is 0 Å². The van der Waals surface area contributed by atoms with Gasteiger partial charge in [-0.2, -0.15) is 10.4 Å². The summed E-state index contributed by atoms with van der Waals surface area (Å²) in [6.45, 7) is 5.22. The third kappa shape index (κ3) is 1.88. The van der Waals surface area contributed by atoms with Gasteiger partial charge in [-0.25, -0.2) is 0 Å². The zero-order valence-corrected chi connectivity index (χ0v) is 11.7. The Hall–Kier alpha value is -1.63. The van der Waals surface area contributed by atoms with Gasteiger partial charge in [0, 0.05) is 12.6 Å². The van der Waals surface area contributed by atoms with Crippen LogP contribution in [0, 0.1) is 17.2 Å². The van der Waals surface area contributed by atoms with Crippen LogP contribution in [0.5, 0.6) is 0 Å². The molecular weight excluding hydrogens is 236 g/mol. The fourth-order valence-electron chi connectivity index (χ4n) is 3.66. The molecule has 1 saturated heterocycles. The van der Waals surface area contributed by atoms with Gasteiger partial charge < -0.3 is 4.90 Å². The largest absolute Gasteiger partial charge is 0.351 e. The van der Waals surface area contributed by atoms with E-state index in [1.807, 2.05) is 0 Å². The van der Waals surface area contributed by atoms with E-state index < -0.39 is 0 Å². The number of nitriles is 1. The summed E-state index contributed by atoms with van der Waals surface area (Å²) < 4.78 is 0. The minimum atomic E-state index is 0.587. The monoisotopic (exact) mass is 256 g/mol. The predicted octanol–water partition coefficient (Wildman–Crippen LogP) is 2.46. The Morgan fingerprint density at radius 3 is 2.63 bits per heavy atom. The lowest BCUT2D eigenvalue weighted by atomic mass is 10.0. The Morgan fingerprint density at radius 2 is 2.11 bits per heavy atom. The third-order valence-corrected chi connectivity index (χ3v) is 4.62. The molecule has 0 amide bonds. The standard InChI is InChI=1S/C15H20N4/c1-3-12-13(8-16)15(18-17-14(12)4-2)19-9-10-5-6-11(19)7-10/h10-11H,3-7,9H2,1-2H3. The quantitative estimate of drug-likeness (QED) is 0.833. The number of nitrogens with zero attached hydrogens (tertiary/aromatic N) is 4. The molecule has 4 heteroatoms. The molecular formula is C15H20N4. The summed E-state index contributed by atoms with van der Waals surface area (Å²) in [5, 5.41) is 18.3.